The highest BCUT2D eigenvalue weighted by Crippen LogP contribution is 2.25. The third-order valence-electron chi connectivity index (χ3n) is 4.70. The van der Waals surface area contributed by atoms with Crippen LogP contribution in [0.4, 0.5) is 11.4 Å². The molecule has 150 valence electrons. The van der Waals surface area contributed by atoms with Crippen molar-refractivity contribution in [3.05, 3.63) is 79.4 Å². The summed E-state index contributed by atoms with van der Waals surface area (Å²) in [5.74, 6) is -0.123. The number of nitrogens with one attached hydrogen (secondary N) is 2. The van der Waals surface area contributed by atoms with Gasteiger partial charge in [-0.15, -0.1) is 6.58 Å². The zero-order valence-corrected chi connectivity index (χ0v) is 17.3. The van der Waals surface area contributed by atoms with Crippen molar-refractivity contribution in [2.24, 2.45) is 5.41 Å². The molecular weight excluding hydrogens is 384 g/mol. The molecule has 2 N–H and O–H groups in total. The van der Waals surface area contributed by atoms with Crippen molar-refractivity contribution >= 4 is 38.1 Å². The third-order valence-corrected chi connectivity index (χ3v) is 6.07. The van der Waals surface area contributed by atoms with E-state index in [0.29, 0.717) is 17.8 Å². The summed E-state index contributed by atoms with van der Waals surface area (Å²) in [6.45, 7) is 7.36. The molecule has 0 heterocycles. The predicted octanol–water partition coefficient (Wildman–Crippen LogP) is 5.18. The molecule has 0 unspecified atom stereocenters. The largest absolute Gasteiger partial charge is 0.326 e. The van der Waals surface area contributed by atoms with Crippen molar-refractivity contribution in [2.75, 3.05) is 10.0 Å². The molecule has 0 aliphatic carbocycles. The molecule has 0 aliphatic heterocycles. The molecular formula is C23H24N2O3S. The Bertz CT molecular complexity index is 1150. The minimum atomic E-state index is -3.72. The fourth-order valence-corrected chi connectivity index (χ4v) is 4.02. The van der Waals surface area contributed by atoms with E-state index in [1.165, 1.54) is 0 Å². The Hall–Kier alpha value is -3.12. The number of fused-ring (bicyclic) bond motifs is 1. The van der Waals surface area contributed by atoms with E-state index < -0.39 is 15.4 Å². The number of carbonyl (C=O) groups is 1. The molecule has 3 aromatic rings. The standard InChI is InChI=1S/C23H24N2O3S/c1-4-15-23(2,3)22(26)24-19-10-12-20(13-11-19)25-29(27,28)21-14-9-17-7-5-6-8-18(17)16-21/h4-14,16,25H,1,15H2,2-3H3,(H,24,26). The first-order valence-electron chi connectivity index (χ1n) is 9.25. The zero-order chi connectivity index (χ0) is 21.1. The summed E-state index contributed by atoms with van der Waals surface area (Å²) in [5.41, 5.74) is 0.445. The van der Waals surface area contributed by atoms with Crippen LogP contribution in [0.2, 0.25) is 0 Å². The lowest BCUT2D eigenvalue weighted by Crippen LogP contribution is -2.30. The Labute approximate surface area is 171 Å². The van der Waals surface area contributed by atoms with Crippen molar-refractivity contribution in [1.82, 2.24) is 0 Å². The molecule has 0 saturated carbocycles. The van der Waals surface area contributed by atoms with E-state index in [2.05, 4.69) is 16.6 Å². The van der Waals surface area contributed by atoms with E-state index in [0.717, 1.165) is 10.8 Å². The topological polar surface area (TPSA) is 75.3 Å². The summed E-state index contributed by atoms with van der Waals surface area (Å²) >= 11 is 0. The fourth-order valence-electron chi connectivity index (χ4n) is 2.92. The zero-order valence-electron chi connectivity index (χ0n) is 16.5. The quantitative estimate of drug-likeness (QED) is 0.529. The molecule has 5 nitrogen and oxygen atoms in total. The Morgan fingerprint density at radius 3 is 2.24 bits per heavy atom. The van der Waals surface area contributed by atoms with Crippen molar-refractivity contribution in [3.8, 4) is 0 Å². The molecule has 0 saturated heterocycles. The summed E-state index contributed by atoms with van der Waals surface area (Å²) in [7, 11) is -3.72. The molecule has 0 spiro atoms. The molecule has 0 fully saturated rings. The summed E-state index contributed by atoms with van der Waals surface area (Å²) in [5, 5.41) is 4.68. The fraction of sp³-hybridized carbons (Fsp3) is 0.174. The van der Waals surface area contributed by atoms with Crippen molar-refractivity contribution in [1.29, 1.82) is 0 Å². The number of anilines is 2. The maximum absolute atomic E-state index is 12.7. The van der Waals surface area contributed by atoms with E-state index in [4.69, 9.17) is 0 Å². The first-order chi connectivity index (χ1) is 13.7. The molecule has 29 heavy (non-hydrogen) atoms. The highest BCUT2D eigenvalue weighted by atomic mass is 32.2. The van der Waals surface area contributed by atoms with Crippen LogP contribution in [0, 0.1) is 5.41 Å². The van der Waals surface area contributed by atoms with Crippen molar-refractivity contribution < 1.29 is 13.2 Å². The van der Waals surface area contributed by atoms with Gasteiger partial charge in [-0.05, 0) is 53.6 Å². The Morgan fingerprint density at radius 2 is 1.59 bits per heavy atom. The molecule has 0 bridgehead atoms. The second kappa shape index (κ2) is 8.09. The van der Waals surface area contributed by atoms with Gasteiger partial charge in [0.05, 0.1) is 4.90 Å². The first kappa shape index (κ1) is 20.6. The van der Waals surface area contributed by atoms with Gasteiger partial charge >= 0.3 is 0 Å². The molecule has 1 amide bonds. The van der Waals surface area contributed by atoms with Gasteiger partial charge in [0, 0.05) is 16.8 Å². The van der Waals surface area contributed by atoms with Gasteiger partial charge in [-0.3, -0.25) is 9.52 Å². The van der Waals surface area contributed by atoms with Crippen LogP contribution in [0.3, 0.4) is 0 Å². The van der Waals surface area contributed by atoms with E-state index in [1.807, 2.05) is 38.1 Å². The normalized spacial score (nSPS) is 11.8. The average Bonchev–Trinajstić information content (AvgIpc) is 2.69. The molecule has 0 atom stereocenters. The van der Waals surface area contributed by atoms with E-state index >= 15 is 0 Å². The van der Waals surface area contributed by atoms with Crippen LogP contribution in [0.1, 0.15) is 20.3 Å². The lowest BCUT2D eigenvalue weighted by atomic mass is 9.88. The van der Waals surface area contributed by atoms with Gasteiger partial charge < -0.3 is 5.32 Å². The van der Waals surface area contributed by atoms with Crippen LogP contribution in [0.15, 0.2) is 84.3 Å². The molecule has 0 aromatic heterocycles. The number of allylic oxidation sites excluding steroid dienone is 1. The van der Waals surface area contributed by atoms with E-state index in [1.54, 1.807) is 48.5 Å². The number of rotatable bonds is 7. The first-order valence-corrected chi connectivity index (χ1v) is 10.7. The Morgan fingerprint density at radius 1 is 0.966 bits per heavy atom. The van der Waals surface area contributed by atoms with Crippen LogP contribution in [0.5, 0.6) is 0 Å². The average molecular weight is 409 g/mol. The molecule has 3 aromatic carbocycles. The van der Waals surface area contributed by atoms with Gasteiger partial charge in [-0.25, -0.2) is 8.42 Å². The Kier molecular flexibility index (Phi) is 5.75. The molecule has 0 radical (unpaired) electrons. The SMILES string of the molecule is C=CCC(C)(C)C(=O)Nc1ccc(NS(=O)(=O)c2ccc3ccccc3c2)cc1. The number of benzene rings is 3. The smallest absolute Gasteiger partial charge is 0.261 e. The number of sulfonamides is 1. The maximum Gasteiger partial charge on any atom is 0.261 e. The Balaban J connectivity index is 1.74. The number of carbonyl (C=O) groups excluding carboxylic acids is 1. The predicted molar refractivity (Wildman–Crippen MR) is 118 cm³/mol. The molecule has 6 heteroatoms. The highest BCUT2D eigenvalue weighted by Gasteiger charge is 2.26. The molecule has 3 rings (SSSR count). The summed E-state index contributed by atoms with van der Waals surface area (Å²) in [4.78, 5) is 12.6. The van der Waals surface area contributed by atoms with Crippen molar-refractivity contribution in [3.63, 3.8) is 0 Å². The van der Waals surface area contributed by atoms with Crippen LogP contribution in [-0.2, 0) is 14.8 Å². The minimum absolute atomic E-state index is 0.123. The number of hydrogen-bond acceptors (Lipinski definition) is 3. The van der Waals surface area contributed by atoms with Crippen LogP contribution in [0.25, 0.3) is 10.8 Å². The third kappa shape index (κ3) is 4.84. The lowest BCUT2D eigenvalue weighted by molar-refractivity contribution is -0.123. The number of hydrogen-bond donors (Lipinski definition) is 2. The minimum Gasteiger partial charge on any atom is -0.326 e. The monoisotopic (exact) mass is 408 g/mol. The van der Waals surface area contributed by atoms with Gasteiger partial charge in [0.25, 0.3) is 10.0 Å². The van der Waals surface area contributed by atoms with E-state index in [-0.39, 0.29) is 10.8 Å². The van der Waals surface area contributed by atoms with Crippen LogP contribution >= 0.6 is 0 Å². The second-order valence-corrected chi connectivity index (χ2v) is 9.21. The summed E-state index contributed by atoms with van der Waals surface area (Å²) < 4.78 is 28.0. The van der Waals surface area contributed by atoms with Gasteiger partial charge in [0.1, 0.15) is 0 Å². The van der Waals surface area contributed by atoms with Gasteiger partial charge in [0.2, 0.25) is 5.91 Å². The number of amides is 1. The maximum atomic E-state index is 12.7. The summed E-state index contributed by atoms with van der Waals surface area (Å²) in [6, 6.07) is 19.2. The van der Waals surface area contributed by atoms with Gasteiger partial charge in [0.15, 0.2) is 0 Å². The molecule has 0 aliphatic rings. The summed E-state index contributed by atoms with van der Waals surface area (Å²) in [6.07, 6.45) is 2.27. The van der Waals surface area contributed by atoms with E-state index in [9.17, 15) is 13.2 Å². The highest BCUT2D eigenvalue weighted by molar-refractivity contribution is 7.92. The second-order valence-electron chi connectivity index (χ2n) is 7.52. The van der Waals surface area contributed by atoms with Crippen LogP contribution in [-0.4, -0.2) is 14.3 Å². The lowest BCUT2D eigenvalue weighted by Gasteiger charge is -2.21. The van der Waals surface area contributed by atoms with Crippen LogP contribution < -0.4 is 10.0 Å². The van der Waals surface area contributed by atoms with Gasteiger partial charge in [-0.2, -0.15) is 0 Å². The van der Waals surface area contributed by atoms with Crippen molar-refractivity contribution in [2.45, 2.75) is 25.2 Å². The van der Waals surface area contributed by atoms with Gasteiger partial charge in [-0.1, -0.05) is 50.3 Å².